The zero-order valence-electron chi connectivity index (χ0n) is 22.1. The lowest BCUT2D eigenvalue weighted by atomic mass is 9.84. The van der Waals surface area contributed by atoms with Crippen LogP contribution in [0.15, 0.2) is 48.1 Å². The van der Waals surface area contributed by atoms with Gasteiger partial charge in [0.1, 0.15) is 5.75 Å². The number of hydrogen-bond acceptors (Lipinski definition) is 3. The quantitative estimate of drug-likeness (QED) is 0.213. The van der Waals surface area contributed by atoms with Crippen molar-refractivity contribution < 1.29 is 10.2 Å². The van der Waals surface area contributed by atoms with Crippen LogP contribution in [-0.2, 0) is 0 Å². The van der Waals surface area contributed by atoms with E-state index in [9.17, 15) is 10.2 Å². The maximum atomic E-state index is 9.73. The Morgan fingerprint density at radius 3 is 2.06 bits per heavy atom. The molecule has 0 aliphatic heterocycles. The molecule has 190 valence electrons. The molecule has 1 aromatic carbocycles. The van der Waals surface area contributed by atoms with Crippen LogP contribution in [0.25, 0.3) is 0 Å². The molecule has 0 saturated heterocycles. The molecule has 3 nitrogen and oxygen atoms in total. The van der Waals surface area contributed by atoms with Crippen molar-refractivity contribution >= 4 is 5.71 Å². The highest BCUT2D eigenvalue weighted by Crippen LogP contribution is 2.31. The second-order valence-corrected chi connectivity index (χ2v) is 11.2. The Kier molecular flexibility index (Phi) is 12.7. The molecule has 34 heavy (non-hydrogen) atoms. The van der Waals surface area contributed by atoms with Gasteiger partial charge >= 0.3 is 0 Å². The molecule has 0 radical (unpaired) electrons. The van der Waals surface area contributed by atoms with Crippen LogP contribution in [0.4, 0.5) is 0 Å². The summed E-state index contributed by atoms with van der Waals surface area (Å²) in [6.45, 7) is 9.41. The number of nitrogens with one attached hydrogen (secondary N) is 1. The normalized spacial score (nSPS) is 18.5. The third kappa shape index (κ3) is 11.0. The fraction of sp³-hybridized carbons (Fsp3) is 0.645. The summed E-state index contributed by atoms with van der Waals surface area (Å²) in [6.07, 6.45) is 18.1. The summed E-state index contributed by atoms with van der Waals surface area (Å²) in [5.41, 5.74) is 3.05. The van der Waals surface area contributed by atoms with Gasteiger partial charge < -0.3 is 15.6 Å². The average molecular weight is 468 g/mol. The Bertz CT molecular complexity index is 777. The second-order valence-electron chi connectivity index (χ2n) is 11.2. The number of rotatable bonds is 16. The largest absolute Gasteiger partial charge is 0.508 e. The standard InChI is InChI=1S/C31H49NO2/c1-23(2)8-5-9-24(3)10-6-11-25(4)12-7-13-31(32)30(27-16-20-29(34)21-17-27)22-26-14-18-28(33)19-15-26/h14-18,20-21,23-25,28,30,32-34H,5-13,19,22H2,1-4H3/t24-,25-,28?,30?/m1/s1. The van der Waals surface area contributed by atoms with E-state index >= 15 is 0 Å². The smallest absolute Gasteiger partial charge is 0.115 e. The molecule has 0 spiro atoms. The Labute approximate surface area is 208 Å². The van der Waals surface area contributed by atoms with Crippen LogP contribution in [0.5, 0.6) is 5.75 Å². The van der Waals surface area contributed by atoms with Crippen molar-refractivity contribution in [3.05, 3.63) is 53.6 Å². The lowest BCUT2D eigenvalue weighted by Crippen LogP contribution is -2.14. The SMILES string of the molecule is CC(C)CCC[C@@H](C)CCC[C@@H](C)CCCC(=N)C(CC1=CCC(O)C=C1)c1ccc(O)cc1. The van der Waals surface area contributed by atoms with E-state index < -0.39 is 0 Å². The fourth-order valence-electron chi connectivity index (χ4n) is 4.98. The van der Waals surface area contributed by atoms with Gasteiger partial charge in [0.2, 0.25) is 0 Å². The van der Waals surface area contributed by atoms with Crippen LogP contribution in [-0.4, -0.2) is 22.0 Å². The lowest BCUT2D eigenvalue weighted by molar-refractivity contribution is 0.225. The van der Waals surface area contributed by atoms with E-state index in [0.717, 1.165) is 42.4 Å². The van der Waals surface area contributed by atoms with Gasteiger partial charge in [-0.05, 0) is 61.1 Å². The van der Waals surface area contributed by atoms with Crippen molar-refractivity contribution in [3.63, 3.8) is 0 Å². The molecule has 0 fully saturated rings. The monoisotopic (exact) mass is 467 g/mol. The minimum atomic E-state index is -0.389. The summed E-state index contributed by atoms with van der Waals surface area (Å²) in [6, 6.07) is 7.33. The molecular weight excluding hydrogens is 418 g/mol. The summed E-state index contributed by atoms with van der Waals surface area (Å²) in [7, 11) is 0. The van der Waals surface area contributed by atoms with E-state index in [1.807, 2.05) is 24.3 Å². The Hall–Kier alpha value is -1.87. The van der Waals surface area contributed by atoms with Crippen LogP contribution >= 0.6 is 0 Å². The minimum absolute atomic E-state index is 0.0220. The number of benzene rings is 1. The number of hydrogen-bond donors (Lipinski definition) is 3. The number of aliphatic hydroxyl groups excluding tert-OH is 1. The van der Waals surface area contributed by atoms with Crippen LogP contribution in [0.1, 0.15) is 110 Å². The topological polar surface area (TPSA) is 64.3 Å². The van der Waals surface area contributed by atoms with Gasteiger partial charge in [-0.3, -0.25) is 0 Å². The minimum Gasteiger partial charge on any atom is -0.508 e. The molecule has 3 N–H and O–H groups in total. The summed E-state index contributed by atoms with van der Waals surface area (Å²) >= 11 is 0. The van der Waals surface area contributed by atoms with Gasteiger partial charge in [-0.15, -0.1) is 0 Å². The average Bonchev–Trinajstić information content (AvgIpc) is 2.79. The molecule has 1 aromatic rings. The highest BCUT2D eigenvalue weighted by Gasteiger charge is 2.20. The molecule has 1 aliphatic carbocycles. The first-order valence-electron chi connectivity index (χ1n) is 13.7. The Morgan fingerprint density at radius 1 is 0.912 bits per heavy atom. The van der Waals surface area contributed by atoms with E-state index in [-0.39, 0.29) is 17.8 Å². The van der Waals surface area contributed by atoms with Crippen molar-refractivity contribution in [1.29, 1.82) is 5.41 Å². The van der Waals surface area contributed by atoms with Crippen molar-refractivity contribution in [3.8, 4) is 5.75 Å². The molecule has 3 heteroatoms. The second kappa shape index (κ2) is 15.2. The molecule has 0 aromatic heterocycles. The number of aromatic hydroxyl groups is 1. The molecule has 0 saturated carbocycles. The van der Waals surface area contributed by atoms with Gasteiger partial charge in [0.25, 0.3) is 0 Å². The molecule has 1 aliphatic rings. The predicted octanol–water partition coefficient (Wildman–Crippen LogP) is 8.57. The molecule has 2 unspecified atom stereocenters. The summed E-state index contributed by atoms with van der Waals surface area (Å²) in [5, 5.41) is 28.3. The van der Waals surface area contributed by atoms with Gasteiger partial charge in [-0.2, -0.15) is 0 Å². The van der Waals surface area contributed by atoms with Crippen molar-refractivity contribution in [2.75, 3.05) is 0 Å². The third-order valence-electron chi connectivity index (χ3n) is 7.33. The zero-order chi connectivity index (χ0) is 24.9. The third-order valence-corrected chi connectivity index (χ3v) is 7.33. The predicted molar refractivity (Wildman–Crippen MR) is 146 cm³/mol. The van der Waals surface area contributed by atoms with Gasteiger partial charge in [-0.1, -0.05) is 109 Å². The van der Waals surface area contributed by atoms with Crippen LogP contribution in [0.3, 0.4) is 0 Å². The summed E-state index contributed by atoms with van der Waals surface area (Å²) in [4.78, 5) is 0. The molecular formula is C31H49NO2. The van der Waals surface area contributed by atoms with Gasteiger partial charge in [0.15, 0.2) is 0 Å². The number of allylic oxidation sites excluding steroid dienone is 2. The van der Waals surface area contributed by atoms with E-state index in [2.05, 4.69) is 33.8 Å². The maximum absolute atomic E-state index is 9.73. The van der Waals surface area contributed by atoms with E-state index in [1.165, 1.54) is 50.5 Å². The Balaban J connectivity index is 1.77. The maximum Gasteiger partial charge on any atom is 0.115 e. The van der Waals surface area contributed by atoms with Crippen LogP contribution in [0.2, 0.25) is 0 Å². The molecule has 2 rings (SSSR count). The fourth-order valence-corrected chi connectivity index (χ4v) is 4.98. The van der Waals surface area contributed by atoms with E-state index in [4.69, 9.17) is 5.41 Å². The van der Waals surface area contributed by atoms with E-state index in [1.54, 1.807) is 12.1 Å². The van der Waals surface area contributed by atoms with Crippen molar-refractivity contribution in [1.82, 2.24) is 0 Å². The van der Waals surface area contributed by atoms with Crippen LogP contribution in [0, 0.1) is 23.2 Å². The first-order chi connectivity index (χ1) is 16.2. The molecule has 0 amide bonds. The molecule has 4 atom stereocenters. The number of phenolic OH excluding ortho intramolecular Hbond substituents is 1. The van der Waals surface area contributed by atoms with E-state index in [0.29, 0.717) is 12.3 Å². The van der Waals surface area contributed by atoms with Crippen LogP contribution < -0.4 is 0 Å². The lowest BCUT2D eigenvalue weighted by Gasteiger charge is -2.22. The van der Waals surface area contributed by atoms with Gasteiger partial charge in [0.05, 0.1) is 6.10 Å². The molecule has 0 heterocycles. The number of aliphatic hydroxyl groups is 1. The summed E-state index contributed by atoms with van der Waals surface area (Å²) < 4.78 is 0. The first kappa shape index (κ1) is 28.4. The summed E-state index contributed by atoms with van der Waals surface area (Å²) in [5.74, 6) is 2.66. The van der Waals surface area contributed by atoms with Crippen molar-refractivity contribution in [2.24, 2.45) is 17.8 Å². The number of phenols is 1. The van der Waals surface area contributed by atoms with Gasteiger partial charge in [-0.25, -0.2) is 0 Å². The Morgan fingerprint density at radius 2 is 1.50 bits per heavy atom. The highest BCUT2D eigenvalue weighted by atomic mass is 16.3. The van der Waals surface area contributed by atoms with Crippen molar-refractivity contribution in [2.45, 2.75) is 110 Å². The molecule has 0 bridgehead atoms. The van der Waals surface area contributed by atoms with Gasteiger partial charge in [0, 0.05) is 11.6 Å². The highest BCUT2D eigenvalue weighted by molar-refractivity contribution is 5.88. The zero-order valence-corrected chi connectivity index (χ0v) is 22.1. The first-order valence-corrected chi connectivity index (χ1v) is 13.7.